The lowest BCUT2D eigenvalue weighted by molar-refractivity contribution is 0.0341. The summed E-state index contributed by atoms with van der Waals surface area (Å²) in [5, 5.41) is 10.2. The average Bonchev–Trinajstić information content (AvgIpc) is 2.83. The predicted molar refractivity (Wildman–Crippen MR) is 131 cm³/mol. The predicted octanol–water partition coefficient (Wildman–Crippen LogP) is 2.83. The molecule has 0 aliphatic carbocycles. The van der Waals surface area contributed by atoms with E-state index in [0.29, 0.717) is 13.2 Å². The number of benzene rings is 2. The second-order valence-electron chi connectivity index (χ2n) is 7.82. The molecule has 3 rings (SSSR count). The first-order chi connectivity index (χ1) is 15.8. The summed E-state index contributed by atoms with van der Waals surface area (Å²) in [5.41, 5.74) is 4.93. The zero-order valence-electron chi connectivity index (χ0n) is 19.4. The summed E-state index contributed by atoms with van der Waals surface area (Å²) in [6, 6.07) is 17.0. The molecular weight excluding hydrogens is 402 g/mol. The summed E-state index contributed by atoms with van der Waals surface area (Å²) in [4.78, 5) is 7.23. The van der Waals surface area contributed by atoms with Crippen LogP contribution in [0.2, 0.25) is 0 Å². The van der Waals surface area contributed by atoms with Crippen molar-refractivity contribution in [3.63, 3.8) is 0 Å². The van der Waals surface area contributed by atoms with E-state index < -0.39 is 0 Å². The van der Waals surface area contributed by atoms with Gasteiger partial charge in [-0.3, -0.25) is 4.90 Å². The van der Waals surface area contributed by atoms with Gasteiger partial charge in [0.25, 0.3) is 0 Å². The number of anilines is 1. The summed E-state index contributed by atoms with van der Waals surface area (Å²) in [7, 11) is 1.71. The molecule has 0 radical (unpaired) electrons. The third-order valence-corrected chi connectivity index (χ3v) is 5.42. The number of morpholine rings is 1. The molecule has 3 N–H and O–H groups in total. The Morgan fingerprint density at radius 1 is 1.03 bits per heavy atom. The number of hydrogen-bond donors (Lipinski definition) is 3. The van der Waals surface area contributed by atoms with Gasteiger partial charge in [0.1, 0.15) is 0 Å². The lowest BCUT2D eigenvalue weighted by atomic mass is 10.1. The van der Waals surface area contributed by atoms with E-state index in [1.165, 1.54) is 16.7 Å². The van der Waals surface area contributed by atoms with Crippen LogP contribution in [0, 0.1) is 0 Å². The van der Waals surface area contributed by atoms with Gasteiger partial charge in [0.05, 0.1) is 26.4 Å². The fourth-order valence-corrected chi connectivity index (χ4v) is 3.60. The van der Waals surface area contributed by atoms with Crippen molar-refractivity contribution in [1.82, 2.24) is 15.5 Å². The Balaban J connectivity index is 1.55. The summed E-state index contributed by atoms with van der Waals surface area (Å²) in [6.07, 6.45) is 0. The van der Waals surface area contributed by atoms with Gasteiger partial charge >= 0.3 is 0 Å². The number of guanidine groups is 1. The largest absolute Gasteiger partial charge is 0.383 e. The van der Waals surface area contributed by atoms with Gasteiger partial charge in [0, 0.05) is 52.1 Å². The van der Waals surface area contributed by atoms with Gasteiger partial charge < -0.3 is 25.4 Å². The van der Waals surface area contributed by atoms with E-state index in [4.69, 9.17) is 14.5 Å². The number of ether oxygens (including phenoxy) is 2. The zero-order valence-corrected chi connectivity index (χ0v) is 19.4. The fourth-order valence-electron chi connectivity index (χ4n) is 3.60. The highest BCUT2D eigenvalue weighted by molar-refractivity contribution is 5.79. The van der Waals surface area contributed by atoms with E-state index >= 15 is 0 Å². The Morgan fingerprint density at radius 3 is 2.50 bits per heavy atom. The molecule has 1 saturated heterocycles. The topological polar surface area (TPSA) is 70.2 Å². The molecule has 1 fully saturated rings. The van der Waals surface area contributed by atoms with E-state index in [-0.39, 0.29) is 0 Å². The smallest absolute Gasteiger partial charge is 0.191 e. The first-order valence-electron chi connectivity index (χ1n) is 11.5. The fraction of sp³-hybridized carbons (Fsp3) is 0.480. The van der Waals surface area contributed by atoms with Crippen LogP contribution in [0.4, 0.5) is 5.69 Å². The molecule has 2 aromatic rings. The molecular formula is C25H37N5O2. The summed E-state index contributed by atoms with van der Waals surface area (Å²) >= 11 is 0. The van der Waals surface area contributed by atoms with Gasteiger partial charge in [-0.2, -0.15) is 0 Å². The maximum atomic E-state index is 5.48. The van der Waals surface area contributed by atoms with E-state index in [1.54, 1.807) is 7.11 Å². The molecule has 7 nitrogen and oxygen atoms in total. The SMILES string of the molecule is CCNC(=NCc1ccc(NCCOC)cc1)NCc1ccccc1CN1CCOCC1. The highest BCUT2D eigenvalue weighted by atomic mass is 16.5. The van der Waals surface area contributed by atoms with Crippen molar-refractivity contribution in [3.05, 3.63) is 65.2 Å². The molecule has 0 bridgehead atoms. The van der Waals surface area contributed by atoms with Crippen LogP contribution in [-0.4, -0.2) is 64.0 Å². The normalized spacial score (nSPS) is 14.9. The van der Waals surface area contributed by atoms with Crippen molar-refractivity contribution in [2.75, 3.05) is 58.4 Å². The maximum Gasteiger partial charge on any atom is 0.191 e. The van der Waals surface area contributed by atoms with Crippen LogP contribution in [0.15, 0.2) is 53.5 Å². The van der Waals surface area contributed by atoms with Crippen LogP contribution in [0.1, 0.15) is 23.6 Å². The second-order valence-corrected chi connectivity index (χ2v) is 7.82. The number of aliphatic imine (C=N–C) groups is 1. The molecule has 1 aliphatic heterocycles. The van der Waals surface area contributed by atoms with Crippen molar-refractivity contribution in [2.45, 2.75) is 26.6 Å². The molecule has 0 spiro atoms. The quantitative estimate of drug-likeness (QED) is 0.284. The van der Waals surface area contributed by atoms with Crippen LogP contribution in [0.5, 0.6) is 0 Å². The number of hydrogen-bond acceptors (Lipinski definition) is 5. The van der Waals surface area contributed by atoms with Crippen molar-refractivity contribution in [1.29, 1.82) is 0 Å². The number of nitrogens with one attached hydrogen (secondary N) is 3. The summed E-state index contributed by atoms with van der Waals surface area (Å²) < 4.78 is 10.6. The van der Waals surface area contributed by atoms with Crippen LogP contribution in [-0.2, 0) is 29.1 Å². The minimum absolute atomic E-state index is 0.628. The maximum absolute atomic E-state index is 5.48. The Labute approximate surface area is 192 Å². The van der Waals surface area contributed by atoms with Crippen molar-refractivity contribution in [2.24, 2.45) is 4.99 Å². The molecule has 1 heterocycles. The molecule has 0 amide bonds. The zero-order chi connectivity index (χ0) is 22.4. The number of rotatable bonds is 11. The van der Waals surface area contributed by atoms with E-state index in [1.807, 2.05) is 0 Å². The lowest BCUT2D eigenvalue weighted by Crippen LogP contribution is -2.38. The Morgan fingerprint density at radius 2 is 1.78 bits per heavy atom. The highest BCUT2D eigenvalue weighted by Crippen LogP contribution is 2.13. The van der Waals surface area contributed by atoms with Crippen LogP contribution >= 0.6 is 0 Å². The van der Waals surface area contributed by atoms with Crippen LogP contribution in [0.25, 0.3) is 0 Å². The molecule has 1 aliphatic rings. The Hall–Kier alpha value is -2.61. The van der Waals surface area contributed by atoms with Gasteiger partial charge in [-0.05, 0) is 35.7 Å². The van der Waals surface area contributed by atoms with Gasteiger partial charge in [-0.15, -0.1) is 0 Å². The molecule has 0 atom stereocenters. The third kappa shape index (κ3) is 8.15. The molecule has 0 saturated carbocycles. The minimum atomic E-state index is 0.628. The van der Waals surface area contributed by atoms with Gasteiger partial charge in [0.15, 0.2) is 5.96 Å². The monoisotopic (exact) mass is 439 g/mol. The van der Waals surface area contributed by atoms with Crippen molar-refractivity contribution < 1.29 is 9.47 Å². The molecule has 2 aromatic carbocycles. The highest BCUT2D eigenvalue weighted by Gasteiger charge is 2.12. The van der Waals surface area contributed by atoms with Crippen molar-refractivity contribution in [3.8, 4) is 0 Å². The molecule has 0 aromatic heterocycles. The summed E-state index contributed by atoms with van der Waals surface area (Å²) in [6.45, 7) is 10.4. The minimum Gasteiger partial charge on any atom is -0.383 e. The van der Waals surface area contributed by atoms with Gasteiger partial charge in [-0.1, -0.05) is 36.4 Å². The summed E-state index contributed by atoms with van der Waals surface area (Å²) in [5.74, 6) is 0.830. The Kier molecular flexibility index (Phi) is 10.3. The molecule has 7 heteroatoms. The molecule has 0 unspecified atom stereocenters. The number of nitrogens with zero attached hydrogens (tertiary/aromatic N) is 2. The third-order valence-electron chi connectivity index (χ3n) is 5.42. The standard InChI is InChI=1S/C25H37N5O2/c1-3-26-25(28-18-21-8-10-24(11-9-21)27-12-15-31-2)29-19-22-6-4-5-7-23(22)20-30-13-16-32-17-14-30/h4-11,27H,3,12-20H2,1-2H3,(H2,26,28,29). The van der Waals surface area contributed by atoms with Crippen LogP contribution in [0.3, 0.4) is 0 Å². The first-order valence-corrected chi connectivity index (χ1v) is 11.5. The molecule has 32 heavy (non-hydrogen) atoms. The number of methoxy groups -OCH3 is 1. The lowest BCUT2D eigenvalue weighted by Gasteiger charge is -2.27. The Bertz CT molecular complexity index is 819. The van der Waals surface area contributed by atoms with Crippen LogP contribution < -0.4 is 16.0 Å². The van der Waals surface area contributed by atoms with E-state index in [2.05, 4.69) is 76.3 Å². The molecule has 174 valence electrons. The van der Waals surface area contributed by atoms with Gasteiger partial charge in [0.2, 0.25) is 0 Å². The van der Waals surface area contributed by atoms with E-state index in [9.17, 15) is 0 Å². The van der Waals surface area contributed by atoms with E-state index in [0.717, 1.165) is 64.1 Å². The second kappa shape index (κ2) is 13.7. The first kappa shape index (κ1) is 24.0. The average molecular weight is 440 g/mol. The van der Waals surface area contributed by atoms with Gasteiger partial charge in [-0.25, -0.2) is 4.99 Å². The van der Waals surface area contributed by atoms with Crippen molar-refractivity contribution >= 4 is 11.6 Å².